The first-order chi connectivity index (χ1) is 8.79. The molecule has 0 radical (unpaired) electrons. The Balaban J connectivity index is 1.70. The van der Waals surface area contributed by atoms with Crippen molar-refractivity contribution in [3.05, 3.63) is 16.3 Å². The van der Waals surface area contributed by atoms with Crippen molar-refractivity contribution < 1.29 is 9.53 Å². The largest absolute Gasteiger partial charge is 0.496 e. The Bertz CT molecular complexity index is 386. The maximum Gasteiger partial charge on any atom is 0.261 e. The highest BCUT2D eigenvalue weighted by Gasteiger charge is 2.14. The lowest BCUT2D eigenvalue weighted by molar-refractivity contribution is 0.0954. The Morgan fingerprint density at radius 3 is 3.22 bits per heavy atom. The molecule has 2 heterocycles. The average Bonchev–Trinajstić information content (AvgIpc) is 2.89. The molecular formula is C13H20N2O2S. The molecular weight excluding hydrogens is 248 g/mol. The van der Waals surface area contributed by atoms with Gasteiger partial charge in [0.25, 0.3) is 5.91 Å². The highest BCUT2D eigenvalue weighted by atomic mass is 32.1. The van der Waals surface area contributed by atoms with Crippen LogP contribution in [0.5, 0.6) is 5.75 Å². The van der Waals surface area contributed by atoms with Crippen LogP contribution in [0, 0.1) is 5.92 Å². The van der Waals surface area contributed by atoms with Gasteiger partial charge in [-0.1, -0.05) is 0 Å². The molecule has 0 aliphatic carbocycles. The van der Waals surface area contributed by atoms with E-state index in [-0.39, 0.29) is 5.91 Å². The fourth-order valence-electron chi connectivity index (χ4n) is 2.19. The number of rotatable bonds is 5. The Morgan fingerprint density at radius 1 is 1.67 bits per heavy atom. The average molecular weight is 268 g/mol. The predicted molar refractivity (Wildman–Crippen MR) is 73.4 cm³/mol. The van der Waals surface area contributed by atoms with E-state index in [4.69, 9.17) is 4.74 Å². The number of methoxy groups -OCH3 is 1. The van der Waals surface area contributed by atoms with Crippen molar-refractivity contribution in [2.45, 2.75) is 19.3 Å². The van der Waals surface area contributed by atoms with Gasteiger partial charge in [0.2, 0.25) is 0 Å². The lowest BCUT2D eigenvalue weighted by Gasteiger charge is -2.22. The third-order valence-electron chi connectivity index (χ3n) is 3.27. The Hall–Kier alpha value is -1.07. The van der Waals surface area contributed by atoms with Crippen LogP contribution in [0.25, 0.3) is 0 Å². The number of hydrogen-bond donors (Lipinski definition) is 2. The zero-order valence-electron chi connectivity index (χ0n) is 10.7. The Morgan fingerprint density at radius 2 is 2.56 bits per heavy atom. The van der Waals surface area contributed by atoms with E-state index in [0.717, 1.165) is 31.8 Å². The summed E-state index contributed by atoms with van der Waals surface area (Å²) in [5.41, 5.74) is 0. The zero-order chi connectivity index (χ0) is 12.8. The molecule has 1 aromatic rings. The summed E-state index contributed by atoms with van der Waals surface area (Å²) in [6.07, 6.45) is 3.58. The summed E-state index contributed by atoms with van der Waals surface area (Å²) in [5, 5.41) is 8.21. The van der Waals surface area contributed by atoms with Crippen molar-refractivity contribution in [2.24, 2.45) is 5.92 Å². The normalized spacial score (nSPS) is 19.5. The Kier molecular flexibility index (Phi) is 5.01. The maximum atomic E-state index is 11.8. The minimum absolute atomic E-state index is 0.00655. The summed E-state index contributed by atoms with van der Waals surface area (Å²) in [7, 11) is 1.61. The van der Waals surface area contributed by atoms with Crippen molar-refractivity contribution in [1.29, 1.82) is 0 Å². The van der Waals surface area contributed by atoms with E-state index in [9.17, 15) is 4.79 Å². The molecule has 1 atom stereocenters. The van der Waals surface area contributed by atoms with Gasteiger partial charge >= 0.3 is 0 Å². The molecule has 100 valence electrons. The molecule has 0 aromatic carbocycles. The Labute approximate surface area is 112 Å². The topological polar surface area (TPSA) is 50.4 Å². The van der Waals surface area contributed by atoms with Gasteiger partial charge in [-0.3, -0.25) is 4.79 Å². The smallest absolute Gasteiger partial charge is 0.261 e. The van der Waals surface area contributed by atoms with E-state index in [1.165, 1.54) is 24.2 Å². The minimum atomic E-state index is 0.00655. The second-order valence-corrected chi connectivity index (χ2v) is 5.52. The van der Waals surface area contributed by atoms with Crippen LogP contribution >= 0.6 is 11.3 Å². The summed E-state index contributed by atoms with van der Waals surface area (Å²) in [6.45, 7) is 2.98. The van der Waals surface area contributed by atoms with Crippen molar-refractivity contribution in [1.82, 2.24) is 10.6 Å². The van der Waals surface area contributed by atoms with E-state index in [0.29, 0.717) is 10.8 Å². The van der Waals surface area contributed by atoms with Crippen LogP contribution < -0.4 is 15.4 Å². The minimum Gasteiger partial charge on any atom is -0.496 e. The summed E-state index contributed by atoms with van der Waals surface area (Å²) in [5.74, 6) is 1.46. The van der Waals surface area contributed by atoms with Crippen LogP contribution in [0.15, 0.2) is 11.4 Å². The van der Waals surface area contributed by atoms with Crippen LogP contribution in [-0.2, 0) is 0 Å². The molecule has 1 aliphatic heterocycles. The maximum absolute atomic E-state index is 11.8. The molecule has 0 saturated carbocycles. The lowest BCUT2D eigenvalue weighted by atomic mass is 9.96. The molecule has 0 bridgehead atoms. The van der Waals surface area contributed by atoms with Gasteiger partial charge in [-0.25, -0.2) is 0 Å². The van der Waals surface area contributed by atoms with Gasteiger partial charge < -0.3 is 15.4 Å². The van der Waals surface area contributed by atoms with Crippen molar-refractivity contribution >= 4 is 17.2 Å². The van der Waals surface area contributed by atoms with E-state index in [1.807, 2.05) is 5.38 Å². The van der Waals surface area contributed by atoms with Crippen LogP contribution in [0.1, 0.15) is 28.9 Å². The molecule has 4 nitrogen and oxygen atoms in total. The predicted octanol–water partition coefficient (Wildman–Crippen LogP) is 1.88. The van der Waals surface area contributed by atoms with Crippen LogP contribution in [0.4, 0.5) is 0 Å². The van der Waals surface area contributed by atoms with Gasteiger partial charge in [0.15, 0.2) is 0 Å². The summed E-state index contributed by atoms with van der Waals surface area (Å²) in [4.78, 5) is 12.6. The SMILES string of the molecule is COc1csc(C(=O)NCCC2CCCNC2)c1. The van der Waals surface area contributed by atoms with Gasteiger partial charge in [0.1, 0.15) is 5.75 Å². The van der Waals surface area contributed by atoms with Gasteiger partial charge in [0.05, 0.1) is 12.0 Å². The first-order valence-corrected chi connectivity index (χ1v) is 7.29. The molecule has 1 aromatic heterocycles. The molecule has 0 spiro atoms. The van der Waals surface area contributed by atoms with E-state index < -0.39 is 0 Å². The van der Waals surface area contributed by atoms with Gasteiger partial charge in [-0.05, 0) is 38.3 Å². The van der Waals surface area contributed by atoms with E-state index in [1.54, 1.807) is 13.2 Å². The number of thiophene rings is 1. The highest BCUT2D eigenvalue weighted by molar-refractivity contribution is 7.12. The van der Waals surface area contributed by atoms with Crippen LogP contribution in [0.3, 0.4) is 0 Å². The highest BCUT2D eigenvalue weighted by Crippen LogP contribution is 2.21. The monoisotopic (exact) mass is 268 g/mol. The number of piperidine rings is 1. The molecule has 18 heavy (non-hydrogen) atoms. The number of carbonyl (C=O) groups excluding carboxylic acids is 1. The third kappa shape index (κ3) is 3.71. The van der Waals surface area contributed by atoms with Gasteiger partial charge in [-0.2, -0.15) is 0 Å². The molecule has 5 heteroatoms. The molecule has 1 saturated heterocycles. The number of hydrogen-bond acceptors (Lipinski definition) is 4. The van der Waals surface area contributed by atoms with Gasteiger partial charge in [0, 0.05) is 18.0 Å². The first-order valence-electron chi connectivity index (χ1n) is 6.41. The van der Waals surface area contributed by atoms with E-state index in [2.05, 4.69) is 10.6 Å². The van der Waals surface area contributed by atoms with Crippen LogP contribution in [0.2, 0.25) is 0 Å². The number of amides is 1. The second kappa shape index (κ2) is 6.75. The van der Waals surface area contributed by atoms with Crippen LogP contribution in [-0.4, -0.2) is 32.7 Å². The number of carbonyl (C=O) groups is 1. The molecule has 1 aliphatic rings. The third-order valence-corrected chi connectivity index (χ3v) is 4.18. The zero-order valence-corrected chi connectivity index (χ0v) is 11.5. The summed E-state index contributed by atoms with van der Waals surface area (Å²) >= 11 is 1.42. The molecule has 1 amide bonds. The standard InChI is InChI=1S/C13H20N2O2S/c1-17-11-7-12(18-9-11)13(16)15-6-4-10-3-2-5-14-8-10/h7,9-10,14H,2-6,8H2,1H3,(H,15,16). The van der Waals surface area contributed by atoms with Crippen molar-refractivity contribution in [3.63, 3.8) is 0 Å². The fourth-order valence-corrected chi connectivity index (χ4v) is 2.96. The fraction of sp³-hybridized carbons (Fsp3) is 0.615. The van der Waals surface area contributed by atoms with E-state index >= 15 is 0 Å². The van der Waals surface area contributed by atoms with Crippen molar-refractivity contribution in [2.75, 3.05) is 26.7 Å². The van der Waals surface area contributed by atoms with Crippen molar-refractivity contribution in [3.8, 4) is 5.75 Å². The summed E-state index contributed by atoms with van der Waals surface area (Å²) in [6, 6.07) is 1.78. The molecule has 2 rings (SSSR count). The molecule has 1 fully saturated rings. The quantitative estimate of drug-likeness (QED) is 0.857. The number of ether oxygens (including phenoxy) is 1. The molecule has 2 N–H and O–H groups in total. The lowest BCUT2D eigenvalue weighted by Crippen LogP contribution is -2.33. The summed E-state index contributed by atoms with van der Waals surface area (Å²) < 4.78 is 5.07. The first kappa shape index (κ1) is 13.4. The van der Waals surface area contributed by atoms with Gasteiger partial charge in [-0.15, -0.1) is 11.3 Å². The second-order valence-electron chi connectivity index (χ2n) is 4.61. The number of nitrogens with one attached hydrogen (secondary N) is 2. The molecule has 1 unspecified atom stereocenters.